The maximum absolute atomic E-state index is 13.2. The van der Waals surface area contributed by atoms with Gasteiger partial charge in [-0.05, 0) is 68.8 Å². The van der Waals surface area contributed by atoms with Crippen LogP contribution in [-0.4, -0.2) is 60.4 Å². The minimum absolute atomic E-state index is 0.131. The summed E-state index contributed by atoms with van der Waals surface area (Å²) < 4.78 is 5.74. The van der Waals surface area contributed by atoms with Gasteiger partial charge in [-0.25, -0.2) is 0 Å². The molecule has 1 amide bonds. The number of hydrogen-bond acceptors (Lipinski definition) is 5. The van der Waals surface area contributed by atoms with Gasteiger partial charge in [-0.3, -0.25) is 9.59 Å². The van der Waals surface area contributed by atoms with Gasteiger partial charge in [0.2, 0.25) is 0 Å². The predicted octanol–water partition coefficient (Wildman–Crippen LogP) is 4.50. The van der Waals surface area contributed by atoms with E-state index in [2.05, 4.69) is 13.8 Å². The summed E-state index contributed by atoms with van der Waals surface area (Å²) in [6.45, 7) is 9.51. The topological polar surface area (TPSA) is 70.1 Å². The van der Waals surface area contributed by atoms with Crippen molar-refractivity contribution < 1.29 is 19.4 Å². The van der Waals surface area contributed by atoms with Crippen LogP contribution in [0, 0.1) is 6.92 Å². The Bertz CT molecular complexity index is 1070. The maximum atomic E-state index is 13.2. The number of amides is 1. The van der Waals surface area contributed by atoms with Crippen molar-refractivity contribution in [2.45, 2.75) is 39.7 Å². The molecule has 2 aromatic rings. The van der Waals surface area contributed by atoms with Crippen LogP contribution in [0.15, 0.2) is 48.0 Å². The summed E-state index contributed by atoms with van der Waals surface area (Å²) in [5, 5.41) is 11.4. The minimum atomic E-state index is -0.653. The fourth-order valence-electron chi connectivity index (χ4n) is 4.22. The number of ether oxygens (including phenoxy) is 1. The Morgan fingerprint density at radius 1 is 1.15 bits per heavy atom. The number of aliphatic hydroxyl groups excluding tert-OH is 1. The smallest absolute Gasteiger partial charge is 0.295 e. The first-order chi connectivity index (χ1) is 15.7. The quantitative estimate of drug-likeness (QED) is 0.364. The number of Topliss-reactive ketones (excluding diaryl/α,β-unsaturated/α-hetero) is 1. The molecular formula is C27H34N2O4. The van der Waals surface area contributed by atoms with E-state index in [0.717, 1.165) is 22.4 Å². The summed E-state index contributed by atoms with van der Waals surface area (Å²) in [6.07, 6.45) is 0. The van der Waals surface area contributed by atoms with Crippen LogP contribution < -0.4 is 4.74 Å². The van der Waals surface area contributed by atoms with E-state index in [9.17, 15) is 14.7 Å². The summed E-state index contributed by atoms with van der Waals surface area (Å²) in [4.78, 5) is 29.8. The highest BCUT2D eigenvalue weighted by Gasteiger charge is 2.46. The van der Waals surface area contributed by atoms with Gasteiger partial charge in [0.1, 0.15) is 11.5 Å². The van der Waals surface area contributed by atoms with Gasteiger partial charge < -0.3 is 19.6 Å². The zero-order valence-corrected chi connectivity index (χ0v) is 20.4. The monoisotopic (exact) mass is 450 g/mol. The standard InChI is InChI=1S/C27H34N2O4/c1-7-33-22-13-12-19(16-21(22)17(2)3)25(30)23-24(20-11-9-8-10-18(20)4)29(15-14-28(5)6)27(32)26(23)31/h8-13,16-17,24,30H,7,14-15H2,1-6H3/b25-23+. The van der Waals surface area contributed by atoms with Crippen molar-refractivity contribution in [3.63, 3.8) is 0 Å². The van der Waals surface area contributed by atoms with Crippen molar-refractivity contribution >= 4 is 17.4 Å². The third-order valence-corrected chi connectivity index (χ3v) is 6.02. The van der Waals surface area contributed by atoms with Crippen LogP contribution in [0.5, 0.6) is 5.75 Å². The molecule has 33 heavy (non-hydrogen) atoms. The van der Waals surface area contributed by atoms with Gasteiger partial charge >= 0.3 is 0 Å². The highest BCUT2D eigenvalue weighted by atomic mass is 16.5. The molecule has 1 unspecified atom stereocenters. The van der Waals surface area contributed by atoms with Gasteiger partial charge in [0.05, 0.1) is 18.2 Å². The zero-order chi connectivity index (χ0) is 24.3. The van der Waals surface area contributed by atoms with E-state index in [1.54, 1.807) is 11.0 Å². The third kappa shape index (κ3) is 4.96. The van der Waals surface area contributed by atoms with Crippen molar-refractivity contribution in [1.29, 1.82) is 0 Å². The molecule has 0 spiro atoms. The lowest BCUT2D eigenvalue weighted by molar-refractivity contribution is -0.140. The van der Waals surface area contributed by atoms with Crippen molar-refractivity contribution in [2.24, 2.45) is 0 Å². The Morgan fingerprint density at radius 3 is 2.45 bits per heavy atom. The molecule has 2 aromatic carbocycles. The van der Waals surface area contributed by atoms with Gasteiger partial charge in [-0.15, -0.1) is 0 Å². The van der Waals surface area contributed by atoms with Gasteiger partial charge in [0.15, 0.2) is 0 Å². The number of aliphatic hydroxyl groups is 1. The summed E-state index contributed by atoms with van der Waals surface area (Å²) in [6, 6.07) is 12.5. The molecule has 176 valence electrons. The molecule has 0 aliphatic carbocycles. The van der Waals surface area contributed by atoms with E-state index in [4.69, 9.17) is 4.74 Å². The number of carbonyl (C=O) groups excluding carboxylic acids is 2. The molecular weight excluding hydrogens is 416 g/mol. The number of ketones is 1. The third-order valence-electron chi connectivity index (χ3n) is 6.02. The second-order valence-corrected chi connectivity index (χ2v) is 8.99. The fraction of sp³-hybridized carbons (Fsp3) is 0.407. The van der Waals surface area contributed by atoms with E-state index in [1.165, 1.54) is 0 Å². The second kappa shape index (κ2) is 10.2. The lowest BCUT2D eigenvalue weighted by Crippen LogP contribution is -2.35. The number of rotatable bonds is 8. The number of likely N-dealkylation sites (N-methyl/N-ethyl adjacent to an activating group) is 1. The van der Waals surface area contributed by atoms with Crippen molar-refractivity contribution in [3.8, 4) is 5.75 Å². The SMILES string of the molecule is CCOc1ccc(/C(O)=C2\C(=O)C(=O)N(CCN(C)C)C2c2ccccc2C)cc1C(C)C. The Morgan fingerprint density at radius 2 is 1.85 bits per heavy atom. The highest BCUT2D eigenvalue weighted by molar-refractivity contribution is 6.46. The summed E-state index contributed by atoms with van der Waals surface area (Å²) in [5.41, 5.74) is 3.38. The Labute approximate surface area is 196 Å². The highest BCUT2D eigenvalue weighted by Crippen LogP contribution is 2.41. The van der Waals surface area contributed by atoms with Crippen LogP contribution >= 0.6 is 0 Å². The zero-order valence-electron chi connectivity index (χ0n) is 20.4. The number of hydrogen-bond donors (Lipinski definition) is 1. The molecule has 0 saturated carbocycles. The minimum Gasteiger partial charge on any atom is -0.507 e. The maximum Gasteiger partial charge on any atom is 0.295 e. The van der Waals surface area contributed by atoms with Crippen LogP contribution in [0.4, 0.5) is 0 Å². The van der Waals surface area contributed by atoms with Gasteiger partial charge in [0.25, 0.3) is 11.7 Å². The Kier molecular flexibility index (Phi) is 7.59. The first kappa shape index (κ1) is 24.5. The molecule has 3 rings (SSSR count). The van der Waals surface area contributed by atoms with Crippen LogP contribution in [0.25, 0.3) is 5.76 Å². The molecule has 1 N–H and O–H groups in total. The molecule has 0 bridgehead atoms. The first-order valence-corrected chi connectivity index (χ1v) is 11.4. The average molecular weight is 451 g/mol. The molecule has 1 atom stereocenters. The van der Waals surface area contributed by atoms with E-state index >= 15 is 0 Å². The summed E-state index contributed by atoms with van der Waals surface area (Å²) in [7, 11) is 3.85. The van der Waals surface area contributed by atoms with Gasteiger partial charge in [0, 0.05) is 18.7 Å². The molecule has 1 fully saturated rings. The molecule has 1 heterocycles. The number of benzene rings is 2. The van der Waals surface area contributed by atoms with Crippen molar-refractivity contribution in [1.82, 2.24) is 9.80 Å². The lowest BCUT2D eigenvalue weighted by Gasteiger charge is -2.27. The molecule has 1 aliphatic rings. The Balaban J connectivity index is 2.19. The van der Waals surface area contributed by atoms with Crippen LogP contribution in [0.3, 0.4) is 0 Å². The van der Waals surface area contributed by atoms with Crippen LogP contribution in [0.2, 0.25) is 0 Å². The normalized spacial score (nSPS) is 17.9. The average Bonchev–Trinajstić information content (AvgIpc) is 3.02. The largest absolute Gasteiger partial charge is 0.507 e. The number of likely N-dealkylation sites (tertiary alicyclic amines) is 1. The molecule has 6 nitrogen and oxygen atoms in total. The van der Waals surface area contributed by atoms with Crippen molar-refractivity contribution in [2.75, 3.05) is 33.8 Å². The number of aryl methyl sites for hydroxylation is 1. The van der Waals surface area contributed by atoms with E-state index in [1.807, 2.05) is 69.2 Å². The number of nitrogens with zero attached hydrogens (tertiary/aromatic N) is 2. The van der Waals surface area contributed by atoms with Gasteiger partial charge in [-0.1, -0.05) is 38.1 Å². The first-order valence-electron chi connectivity index (χ1n) is 11.4. The van der Waals surface area contributed by atoms with Crippen LogP contribution in [0.1, 0.15) is 55.0 Å². The Hall–Kier alpha value is -3.12. The summed E-state index contributed by atoms with van der Waals surface area (Å²) >= 11 is 0. The lowest BCUT2D eigenvalue weighted by atomic mass is 9.91. The summed E-state index contributed by atoms with van der Waals surface area (Å²) in [5.74, 6) is -0.472. The number of carbonyl (C=O) groups is 2. The van der Waals surface area contributed by atoms with Gasteiger partial charge in [-0.2, -0.15) is 0 Å². The van der Waals surface area contributed by atoms with Crippen LogP contribution in [-0.2, 0) is 9.59 Å². The molecule has 0 aromatic heterocycles. The molecule has 1 aliphatic heterocycles. The molecule has 0 radical (unpaired) electrons. The fourth-order valence-corrected chi connectivity index (χ4v) is 4.22. The van der Waals surface area contributed by atoms with E-state index < -0.39 is 17.7 Å². The predicted molar refractivity (Wildman–Crippen MR) is 130 cm³/mol. The second-order valence-electron chi connectivity index (χ2n) is 8.99. The van der Waals surface area contributed by atoms with E-state index in [0.29, 0.717) is 25.3 Å². The van der Waals surface area contributed by atoms with E-state index in [-0.39, 0.29) is 17.3 Å². The molecule has 6 heteroatoms. The van der Waals surface area contributed by atoms with Crippen molar-refractivity contribution in [3.05, 3.63) is 70.3 Å². The molecule has 1 saturated heterocycles.